The van der Waals surface area contributed by atoms with E-state index in [9.17, 15) is 9.90 Å². The fraction of sp³-hybridized carbons (Fsp3) is 0.385. The predicted octanol–water partition coefficient (Wildman–Crippen LogP) is 1.70. The Bertz CT molecular complexity index is 595. The Balaban J connectivity index is 2.22. The topological polar surface area (TPSA) is 54.6 Å². The van der Waals surface area contributed by atoms with Crippen LogP contribution in [0.3, 0.4) is 0 Å². The number of pyridine rings is 1. The summed E-state index contributed by atoms with van der Waals surface area (Å²) in [5.74, 6) is 0.632. The van der Waals surface area contributed by atoms with Crippen molar-refractivity contribution in [1.29, 1.82) is 0 Å². The van der Waals surface area contributed by atoms with Crippen LogP contribution in [0, 0.1) is 0 Å². The minimum atomic E-state index is -0.364. The van der Waals surface area contributed by atoms with Gasteiger partial charge in [0.15, 0.2) is 0 Å². The summed E-state index contributed by atoms with van der Waals surface area (Å²) in [6.45, 7) is 3.73. The van der Waals surface area contributed by atoms with Crippen LogP contribution in [0.25, 0.3) is 5.65 Å². The van der Waals surface area contributed by atoms with E-state index in [0.29, 0.717) is 11.4 Å². The third-order valence-corrected chi connectivity index (χ3v) is 4.18. The molecular weight excluding hydrogens is 248 g/mol. The summed E-state index contributed by atoms with van der Waals surface area (Å²) < 4.78 is 1.52. The van der Waals surface area contributed by atoms with E-state index < -0.39 is 0 Å². The fourth-order valence-electron chi connectivity index (χ4n) is 1.53. The number of hydrogen-bond donors (Lipinski definition) is 1. The maximum absolute atomic E-state index is 11.8. The van der Waals surface area contributed by atoms with Crippen molar-refractivity contribution in [1.82, 2.24) is 9.38 Å². The Kier molecular flexibility index (Phi) is 4.04. The van der Waals surface area contributed by atoms with Gasteiger partial charge in [0.1, 0.15) is 5.65 Å². The van der Waals surface area contributed by atoms with Crippen molar-refractivity contribution in [3.63, 3.8) is 0 Å². The van der Waals surface area contributed by atoms with Crippen molar-refractivity contribution < 1.29 is 5.11 Å². The molecule has 0 aliphatic carbocycles. The molecule has 2 heterocycles. The zero-order valence-corrected chi connectivity index (χ0v) is 11.2. The maximum atomic E-state index is 11.8. The Morgan fingerprint density at radius 1 is 1.44 bits per heavy atom. The summed E-state index contributed by atoms with van der Waals surface area (Å²) in [4.78, 5) is 16.3. The predicted molar refractivity (Wildman–Crippen MR) is 73.9 cm³/mol. The lowest BCUT2D eigenvalue weighted by Gasteiger charge is -2.13. The summed E-state index contributed by atoms with van der Waals surface area (Å²) in [6, 6.07) is 7.03. The van der Waals surface area contributed by atoms with Crippen LogP contribution in [0.15, 0.2) is 35.3 Å². The van der Waals surface area contributed by atoms with E-state index in [2.05, 4.69) is 4.98 Å². The van der Waals surface area contributed by atoms with Crippen molar-refractivity contribution in [3.05, 3.63) is 46.5 Å². The molecule has 2 aromatic heterocycles. The molecule has 0 unspecified atom stereocenters. The van der Waals surface area contributed by atoms with E-state index in [-0.39, 0.29) is 16.9 Å². The average molecular weight is 264 g/mol. The lowest BCUT2D eigenvalue weighted by Crippen LogP contribution is -2.17. The molecule has 2 aromatic rings. The molecule has 0 aromatic carbocycles. The van der Waals surface area contributed by atoms with Gasteiger partial charge in [0.05, 0.1) is 11.8 Å². The molecule has 0 radical (unpaired) electrons. The Morgan fingerprint density at radius 3 is 2.94 bits per heavy atom. The van der Waals surface area contributed by atoms with Crippen LogP contribution in [0.1, 0.15) is 19.5 Å². The van der Waals surface area contributed by atoms with Gasteiger partial charge in [-0.2, -0.15) is 0 Å². The molecule has 0 aliphatic rings. The van der Waals surface area contributed by atoms with Gasteiger partial charge in [0.25, 0.3) is 5.56 Å². The normalized spacial score (nSPS) is 14.6. The number of rotatable bonds is 4. The molecule has 96 valence electrons. The molecule has 0 amide bonds. The zero-order valence-electron chi connectivity index (χ0n) is 10.4. The van der Waals surface area contributed by atoms with Gasteiger partial charge in [-0.3, -0.25) is 9.20 Å². The molecule has 1 N–H and O–H groups in total. The number of fused-ring (bicyclic) bond motifs is 1. The van der Waals surface area contributed by atoms with Gasteiger partial charge >= 0.3 is 0 Å². The maximum Gasteiger partial charge on any atom is 0.258 e. The molecule has 0 saturated heterocycles. The fourth-order valence-corrected chi connectivity index (χ4v) is 2.39. The van der Waals surface area contributed by atoms with Crippen LogP contribution < -0.4 is 5.56 Å². The van der Waals surface area contributed by atoms with Crippen LogP contribution in [0.4, 0.5) is 0 Å². The summed E-state index contributed by atoms with van der Waals surface area (Å²) in [5, 5.41) is 9.54. The molecule has 0 saturated carbocycles. The first kappa shape index (κ1) is 13.1. The van der Waals surface area contributed by atoms with Gasteiger partial charge in [-0.05, 0) is 19.1 Å². The molecule has 0 aliphatic heterocycles. The summed E-state index contributed by atoms with van der Waals surface area (Å²) >= 11 is 1.59. The van der Waals surface area contributed by atoms with Gasteiger partial charge in [-0.15, -0.1) is 11.8 Å². The van der Waals surface area contributed by atoms with E-state index in [1.807, 2.05) is 19.1 Å². The van der Waals surface area contributed by atoms with Crippen LogP contribution in [-0.2, 0) is 5.75 Å². The summed E-state index contributed by atoms with van der Waals surface area (Å²) in [6.07, 6.45) is 1.34. The standard InChI is InChI=1S/C13H16N2O2S/c1-9(16)10(2)18-8-11-7-13(17)15-6-4-3-5-12(15)14-11/h3-7,9-10,16H,8H2,1-2H3/t9-,10-/m1/s1. The lowest BCUT2D eigenvalue weighted by molar-refractivity contribution is 0.196. The van der Waals surface area contributed by atoms with Crippen molar-refractivity contribution in [2.45, 2.75) is 31.0 Å². The lowest BCUT2D eigenvalue weighted by atomic mass is 10.3. The molecule has 0 spiro atoms. The second-order valence-corrected chi connectivity index (χ2v) is 5.64. The number of aliphatic hydroxyl groups is 1. The Morgan fingerprint density at radius 2 is 2.22 bits per heavy atom. The van der Waals surface area contributed by atoms with E-state index in [1.165, 1.54) is 4.40 Å². The number of aromatic nitrogens is 2. The highest BCUT2D eigenvalue weighted by Gasteiger charge is 2.10. The third-order valence-electron chi connectivity index (χ3n) is 2.80. The highest BCUT2D eigenvalue weighted by atomic mass is 32.2. The van der Waals surface area contributed by atoms with Gasteiger partial charge in [-0.1, -0.05) is 13.0 Å². The van der Waals surface area contributed by atoms with E-state index in [1.54, 1.807) is 37.0 Å². The highest BCUT2D eigenvalue weighted by molar-refractivity contribution is 7.99. The van der Waals surface area contributed by atoms with Crippen LogP contribution in [-0.4, -0.2) is 25.8 Å². The second kappa shape index (κ2) is 5.54. The zero-order chi connectivity index (χ0) is 13.1. The van der Waals surface area contributed by atoms with E-state index in [4.69, 9.17) is 0 Å². The SMILES string of the molecule is C[C@@H](O)[C@@H](C)SCc1cc(=O)n2ccccc2n1. The molecule has 4 nitrogen and oxygen atoms in total. The number of aliphatic hydroxyl groups excluding tert-OH is 1. The number of hydrogen-bond acceptors (Lipinski definition) is 4. The molecule has 2 atom stereocenters. The number of nitrogens with zero attached hydrogens (tertiary/aromatic N) is 2. The highest BCUT2D eigenvalue weighted by Crippen LogP contribution is 2.18. The van der Waals surface area contributed by atoms with Gasteiger partial charge in [-0.25, -0.2) is 4.98 Å². The monoisotopic (exact) mass is 264 g/mol. The minimum absolute atomic E-state index is 0.0686. The molecule has 0 fully saturated rings. The Hall–Kier alpha value is -1.33. The van der Waals surface area contributed by atoms with Gasteiger partial charge in [0, 0.05) is 23.3 Å². The van der Waals surface area contributed by atoms with Crippen LogP contribution in [0.5, 0.6) is 0 Å². The molecule has 18 heavy (non-hydrogen) atoms. The summed E-state index contributed by atoms with van der Waals surface area (Å²) in [5.41, 5.74) is 1.34. The number of thioether (sulfide) groups is 1. The van der Waals surface area contributed by atoms with Gasteiger partial charge < -0.3 is 5.11 Å². The largest absolute Gasteiger partial charge is 0.392 e. The van der Waals surface area contributed by atoms with E-state index >= 15 is 0 Å². The molecular formula is C13H16N2O2S. The minimum Gasteiger partial charge on any atom is -0.392 e. The average Bonchev–Trinajstić information content (AvgIpc) is 2.36. The summed E-state index contributed by atoms with van der Waals surface area (Å²) in [7, 11) is 0. The molecule has 2 rings (SSSR count). The third kappa shape index (κ3) is 2.91. The Labute approximate surface area is 110 Å². The van der Waals surface area contributed by atoms with Crippen LogP contribution >= 0.6 is 11.8 Å². The quantitative estimate of drug-likeness (QED) is 0.913. The second-order valence-electron chi connectivity index (χ2n) is 4.27. The molecule has 0 bridgehead atoms. The van der Waals surface area contributed by atoms with Crippen molar-refractivity contribution >= 4 is 17.4 Å². The van der Waals surface area contributed by atoms with Crippen molar-refractivity contribution in [3.8, 4) is 0 Å². The smallest absolute Gasteiger partial charge is 0.258 e. The first-order valence-electron chi connectivity index (χ1n) is 5.85. The van der Waals surface area contributed by atoms with Gasteiger partial charge in [0.2, 0.25) is 0 Å². The van der Waals surface area contributed by atoms with Crippen molar-refractivity contribution in [2.75, 3.05) is 0 Å². The van der Waals surface area contributed by atoms with Crippen molar-refractivity contribution in [2.24, 2.45) is 0 Å². The van der Waals surface area contributed by atoms with Crippen LogP contribution in [0.2, 0.25) is 0 Å². The van der Waals surface area contributed by atoms with E-state index in [0.717, 1.165) is 5.69 Å². The first-order valence-corrected chi connectivity index (χ1v) is 6.90. The molecule has 5 heteroatoms. The first-order chi connectivity index (χ1) is 8.58.